The van der Waals surface area contributed by atoms with Crippen LogP contribution in [0.4, 0.5) is 22.0 Å². The fraction of sp³-hybridized carbons (Fsp3) is 0.900. The molecule has 0 aliphatic carbocycles. The molecule has 0 heterocycles. The van der Waals surface area contributed by atoms with Crippen molar-refractivity contribution in [3.8, 4) is 0 Å². The standard InChI is InChI=1S/C10H15F5O2/c1-3-5-6-7(11)9(12,13)10(14,15)8(16)17-4-2/h7H,3-6H2,1-2H3. The van der Waals surface area contributed by atoms with E-state index in [1.165, 1.54) is 6.92 Å². The highest BCUT2D eigenvalue weighted by atomic mass is 19.3. The van der Waals surface area contributed by atoms with Gasteiger partial charge in [0.25, 0.3) is 0 Å². The normalized spacial score (nSPS) is 14.5. The molecule has 0 aliphatic heterocycles. The molecule has 7 heteroatoms. The summed E-state index contributed by atoms with van der Waals surface area (Å²) < 4.78 is 69.0. The second-order valence-corrected chi connectivity index (χ2v) is 3.53. The van der Waals surface area contributed by atoms with Crippen LogP contribution in [-0.4, -0.2) is 30.6 Å². The zero-order valence-electron chi connectivity index (χ0n) is 9.61. The van der Waals surface area contributed by atoms with Crippen molar-refractivity contribution in [2.24, 2.45) is 0 Å². The predicted octanol–water partition coefficient (Wildman–Crippen LogP) is 3.35. The monoisotopic (exact) mass is 262 g/mol. The Morgan fingerprint density at radius 3 is 2.18 bits per heavy atom. The smallest absolute Gasteiger partial charge is 0.407 e. The largest absolute Gasteiger partial charge is 0.461 e. The van der Waals surface area contributed by atoms with Crippen LogP contribution in [-0.2, 0) is 9.53 Å². The fourth-order valence-electron chi connectivity index (χ4n) is 1.12. The fourth-order valence-corrected chi connectivity index (χ4v) is 1.12. The van der Waals surface area contributed by atoms with Crippen LogP contribution in [0.25, 0.3) is 0 Å². The molecule has 0 N–H and O–H groups in total. The third-order valence-electron chi connectivity index (χ3n) is 2.15. The zero-order valence-corrected chi connectivity index (χ0v) is 9.61. The minimum atomic E-state index is -5.14. The van der Waals surface area contributed by atoms with Crippen LogP contribution in [0.5, 0.6) is 0 Å². The van der Waals surface area contributed by atoms with Gasteiger partial charge in [0.15, 0.2) is 6.17 Å². The SMILES string of the molecule is CCCCC(F)C(F)(F)C(F)(F)C(=O)OCC. The van der Waals surface area contributed by atoms with Crippen molar-refractivity contribution in [3.05, 3.63) is 0 Å². The van der Waals surface area contributed by atoms with E-state index < -0.39 is 37.0 Å². The number of ether oxygens (including phenoxy) is 1. The van der Waals surface area contributed by atoms with Gasteiger partial charge in [-0.25, -0.2) is 9.18 Å². The Morgan fingerprint density at radius 1 is 1.24 bits per heavy atom. The van der Waals surface area contributed by atoms with Gasteiger partial charge < -0.3 is 4.74 Å². The number of hydrogen-bond donors (Lipinski definition) is 0. The van der Waals surface area contributed by atoms with E-state index >= 15 is 0 Å². The highest BCUT2D eigenvalue weighted by Gasteiger charge is 2.67. The van der Waals surface area contributed by atoms with Gasteiger partial charge in [-0.1, -0.05) is 19.8 Å². The Bertz CT molecular complexity index is 255. The Hall–Kier alpha value is -0.880. The number of esters is 1. The number of carbonyl (C=O) groups is 1. The summed E-state index contributed by atoms with van der Waals surface area (Å²) in [7, 11) is 0. The first-order valence-corrected chi connectivity index (χ1v) is 5.28. The van der Waals surface area contributed by atoms with Crippen LogP contribution < -0.4 is 0 Å². The number of halogens is 5. The quantitative estimate of drug-likeness (QED) is 0.519. The van der Waals surface area contributed by atoms with Crippen molar-refractivity contribution in [1.29, 1.82) is 0 Å². The third kappa shape index (κ3) is 3.54. The first kappa shape index (κ1) is 16.1. The van der Waals surface area contributed by atoms with Gasteiger partial charge in [-0.3, -0.25) is 0 Å². The van der Waals surface area contributed by atoms with E-state index in [4.69, 9.17) is 0 Å². The molecular weight excluding hydrogens is 247 g/mol. The number of rotatable bonds is 7. The van der Waals surface area contributed by atoms with Crippen molar-refractivity contribution < 1.29 is 31.5 Å². The molecule has 0 radical (unpaired) electrons. The van der Waals surface area contributed by atoms with E-state index in [9.17, 15) is 26.7 Å². The summed E-state index contributed by atoms with van der Waals surface area (Å²) >= 11 is 0. The van der Waals surface area contributed by atoms with Gasteiger partial charge in [0.1, 0.15) is 0 Å². The van der Waals surface area contributed by atoms with E-state index in [-0.39, 0.29) is 6.42 Å². The van der Waals surface area contributed by atoms with Gasteiger partial charge in [-0.05, 0) is 13.3 Å². The number of alkyl halides is 5. The third-order valence-corrected chi connectivity index (χ3v) is 2.15. The molecule has 0 amide bonds. The lowest BCUT2D eigenvalue weighted by atomic mass is 10.0. The summed E-state index contributed by atoms with van der Waals surface area (Å²) in [6.45, 7) is 2.32. The van der Waals surface area contributed by atoms with E-state index in [1.54, 1.807) is 6.92 Å². The van der Waals surface area contributed by atoms with Crippen LogP contribution in [0.2, 0.25) is 0 Å². The predicted molar refractivity (Wildman–Crippen MR) is 50.9 cm³/mol. The van der Waals surface area contributed by atoms with Gasteiger partial charge >= 0.3 is 17.8 Å². The minimum Gasteiger partial charge on any atom is -0.461 e. The molecule has 1 unspecified atom stereocenters. The zero-order chi connectivity index (χ0) is 13.7. The molecule has 0 aliphatic rings. The minimum absolute atomic E-state index is 0.0374. The summed E-state index contributed by atoms with van der Waals surface area (Å²) in [5.41, 5.74) is 0. The number of hydrogen-bond acceptors (Lipinski definition) is 2. The van der Waals surface area contributed by atoms with Crippen LogP contribution >= 0.6 is 0 Å². The first-order valence-electron chi connectivity index (χ1n) is 5.28. The molecule has 102 valence electrons. The van der Waals surface area contributed by atoms with E-state index in [2.05, 4.69) is 4.74 Å². The maximum absolute atomic E-state index is 13.1. The van der Waals surface area contributed by atoms with Crippen LogP contribution in [0.3, 0.4) is 0 Å². The maximum Gasteiger partial charge on any atom is 0.407 e. The lowest BCUT2D eigenvalue weighted by Gasteiger charge is -2.27. The molecule has 0 bridgehead atoms. The summed E-state index contributed by atoms with van der Waals surface area (Å²) in [4.78, 5) is 10.7. The Labute approximate surface area is 96.1 Å². The van der Waals surface area contributed by atoms with E-state index in [1.807, 2.05) is 0 Å². The van der Waals surface area contributed by atoms with Crippen molar-refractivity contribution in [1.82, 2.24) is 0 Å². The number of carbonyl (C=O) groups excluding carboxylic acids is 1. The van der Waals surface area contributed by atoms with E-state index in [0.717, 1.165) is 0 Å². The molecule has 17 heavy (non-hydrogen) atoms. The van der Waals surface area contributed by atoms with Gasteiger partial charge in [-0.2, -0.15) is 17.6 Å². The molecule has 2 nitrogen and oxygen atoms in total. The lowest BCUT2D eigenvalue weighted by molar-refractivity contribution is -0.247. The first-order chi connectivity index (χ1) is 7.71. The van der Waals surface area contributed by atoms with Crippen LogP contribution in [0, 0.1) is 0 Å². The molecule has 0 saturated carbocycles. The summed E-state index contributed by atoms with van der Waals surface area (Å²) in [5.74, 6) is -12.6. The van der Waals surface area contributed by atoms with Gasteiger partial charge in [0, 0.05) is 0 Å². The molecule has 0 aromatic carbocycles. The van der Waals surface area contributed by atoms with Gasteiger partial charge in [0.2, 0.25) is 0 Å². The van der Waals surface area contributed by atoms with Crippen molar-refractivity contribution in [2.45, 2.75) is 51.1 Å². The molecule has 0 rings (SSSR count). The molecule has 0 saturated heterocycles. The second-order valence-electron chi connectivity index (χ2n) is 3.53. The Balaban J connectivity index is 4.81. The number of unbranched alkanes of at least 4 members (excludes halogenated alkanes) is 1. The summed E-state index contributed by atoms with van der Waals surface area (Å²) in [6.07, 6.45) is -3.36. The molecule has 0 aromatic heterocycles. The molecule has 0 fully saturated rings. The van der Waals surface area contributed by atoms with Crippen LogP contribution in [0.15, 0.2) is 0 Å². The average molecular weight is 262 g/mol. The highest BCUT2D eigenvalue weighted by Crippen LogP contribution is 2.41. The van der Waals surface area contributed by atoms with Crippen molar-refractivity contribution in [2.75, 3.05) is 6.61 Å². The molecular formula is C10H15F5O2. The molecule has 0 spiro atoms. The lowest BCUT2D eigenvalue weighted by Crippen LogP contribution is -2.53. The van der Waals surface area contributed by atoms with Crippen LogP contribution in [0.1, 0.15) is 33.1 Å². The molecule has 1 atom stereocenters. The highest BCUT2D eigenvalue weighted by molar-refractivity contribution is 5.79. The van der Waals surface area contributed by atoms with Crippen molar-refractivity contribution >= 4 is 5.97 Å². The Kier molecular flexibility index (Phi) is 5.84. The van der Waals surface area contributed by atoms with Gasteiger partial charge in [-0.15, -0.1) is 0 Å². The topological polar surface area (TPSA) is 26.3 Å². The van der Waals surface area contributed by atoms with E-state index in [0.29, 0.717) is 6.42 Å². The second kappa shape index (κ2) is 6.16. The van der Waals surface area contributed by atoms with Crippen molar-refractivity contribution in [3.63, 3.8) is 0 Å². The van der Waals surface area contributed by atoms with Gasteiger partial charge in [0.05, 0.1) is 6.61 Å². The molecule has 0 aromatic rings. The maximum atomic E-state index is 13.1. The Morgan fingerprint density at radius 2 is 1.76 bits per heavy atom. The summed E-state index contributed by atoms with van der Waals surface area (Å²) in [5, 5.41) is 0. The summed E-state index contributed by atoms with van der Waals surface area (Å²) in [6, 6.07) is 0. The average Bonchev–Trinajstić information content (AvgIpc) is 2.25.